The lowest BCUT2D eigenvalue weighted by molar-refractivity contribution is -0.150. The Bertz CT molecular complexity index is 558. The number of methoxy groups -OCH3 is 1. The number of rotatable bonds is 4. The van der Waals surface area contributed by atoms with E-state index in [1.165, 1.54) is 13.3 Å². The molecule has 1 saturated heterocycles. The number of pyridine rings is 1. The Kier molecular flexibility index (Phi) is 4.16. The standard InChI is InChI=1S/C15H20N2O4/c1-10(2)15(14(19)20)5-7-17(9-15)11-4-6-16-12(8-11)13(18)21-3/h4,6,8,10H,5,7,9H2,1-3H3,(H,19,20). The summed E-state index contributed by atoms with van der Waals surface area (Å²) in [7, 11) is 1.31. The number of aliphatic carboxylic acids is 1. The van der Waals surface area contributed by atoms with Gasteiger partial charge < -0.3 is 14.7 Å². The Morgan fingerprint density at radius 1 is 1.48 bits per heavy atom. The van der Waals surface area contributed by atoms with Gasteiger partial charge in [0.15, 0.2) is 0 Å². The van der Waals surface area contributed by atoms with Crippen LogP contribution in [0, 0.1) is 11.3 Å². The summed E-state index contributed by atoms with van der Waals surface area (Å²) in [6.07, 6.45) is 2.13. The lowest BCUT2D eigenvalue weighted by Crippen LogP contribution is -2.39. The molecule has 1 aliphatic rings. The molecule has 0 spiro atoms. The van der Waals surface area contributed by atoms with Gasteiger partial charge >= 0.3 is 11.9 Å². The molecule has 2 heterocycles. The van der Waals surface area contributed by atoms with E-state index in [4.69, 9.17) is 0 Å². The minimum atomic E-state index is -0.762. The van der Waals surface area contributed by atoms with E-state index in [1.54, 1.807) is 12.1 Å². The fraction of sp³-hybridized carbons (Fsp3) is 0.533. The average molecular weight is 292 g/mol. The summed E-state index contributed by atoms with van der Waals surface area (Å²) in [6, 6.07) is 3.43. The number of esters is 1. The van der Waals surface area contributed by atoms with Crippen LogP contribution in [0.4, 0.5) is 5.69 Å². The van der Waals surface area contributed by atoms with Crippen molar-refractivity contribution in [1.82, 2.24) is 4.98 Å². The van der Waals surface area contributed by atoms with Crippen LogP contribution in [0.15, 0.2) is 18.3 Å². The van der Waals surface area contributed by atoms with Gasteiger partial charge in [-0.3, -0.25) is 4.79 Å². The van der Waals surface area contributed by atoms with Crippen LogP contribution in [0.2, 0.25) is 0 Å². The van der Waals surface area contributed by atoms with E-state index < -0.39 is 17.4 Å². The van der Waals surface area contributed by atoms with Crippen molar-refractivity contribution in [3.05, 3.63) is 24.0 Å². The Balaban J connectivity index is 2.25. The molecule has 1 aliphatic heterocycles. The molecular weight excluding hydrogens is 272 g/mol. The van der Waals surface area contributed by atoms with Crippen LogP contribution in [0.3, 0.4) is 0 Å². The number of carbonyl (C=O) groups is 2. The highest BCUT2D eigenvalue weighted by molar-refractivity contribution is 5.88. The van der Waals surface area contributed by atoms with E-state index in [9.17, 15) is 14.7 Å². The number of ether oxygens (including phenoxy) is 1. The average Bonchev–Trinajstić information content (AvgIpc) is 2.93. The van der Waals surface area contributed by atoms with Crippen molar-refractivity contribution < 1.29 is 19.4 Å². The highest BCUT2D eigenvalue weighted by atomic mass is 16.5. The lowest BCUT2D eigenvalue weighted by atomic mass is 9.76. The van der Waals surface area contributed by atoms with E-state index >= 15 is 0 Å². The number of hydrogen-bond donors (Lipinski definition) is 1. The van der Waals surface area contributed by atoms with E-state index in [2.05, 4.69) is 9.72 Å². The third-order valence-corrected chi connectivity index (χ3v) is 4.34. The lowest BCUT2D eigenvalue weighted by Gasteiger charge is -2.29. The van der Waals surface area contributed by atoms with Crippen molar-refractivity contribution in [1.29, 1.82) is 0 Å². The molecule has 1 atom stereocenters. The van der Waals surface area contributed by atoms with Gasteiger partial charge in [0.1, 0.15) is 5.69 Å². The highest BCUT2D eigenvalue weighted by Crippen LogP contribution is 2.40. The Hall–Kier alpha value is -2.11. The molecule has 2 rings (SSSR count). The second kappa shape index (κ2) is 5.71. The molecule has 1 fully saturated rings. The maximum atomic E-state index is 11.7. The second-order valence-corrected chi connectivity index (χ2v) is 5.68. The molecule has 0 aliphatic carbocycles. The Labute approximate surface area is 123 Å². The first-order valence-electron chi connectivity index (χ1n) is 6.93. The SMILES string of the molecule is COC(=O)c1cc(N2CCC(C(=O)O)(C(C)C)C2)ccn1. The Morgan fingerprint density at radius 2 is 2.19 bits per heavy atom. The van der Waals surface area contributed by atoms with Crippen LogP contribution in [-0.4, -0.2) is 42.2 Å². The maximum Gasteiger partial charge on any atom is 0.356 e. The summed E-state index contributed by atoms with van der Waals surface area (Å²) in [5, 5.41) is 9.57. The Morgan fingerprint density at radius 3 is 2.71 bits per heavy atom. The summed E-state index contributed by atoms with van der Waals surface area (Å²) >= 11 is 0. The molecule has 1 N–H and O–H groups in total. The molecule has 0 radical (unpaired) electrons. The minimum absolute atomic E-state index is 0.0434. The first kappa shape index (κ1) is 15.3. The van der Waals surface area contributed by atoms with Crippen LogP contribution in [0.5, 0.6) is 0 Å². The number of carboxylic acid groups (broad SMARTS) is 1. The van der Waals surface area contributed by atoms with Gasteiger partial charge in [-0.15, -0.1) is 0 Å². The zero-order valence-electron chi connectivity index (χ0n) is 12.5. The van der Waals surface area contributed by atoms with Crippen molar-refractivity contribution in [2.75, 3.05) is 25.1 Å². The quantitative estimate of drug-likeness (QED) is 0.852. The molecule has 21 heavy (non-hydrogen) atoms. The zero-order valence-corrected chi connectivity index (χ0v) is 12.5. The van der Waals surface area contributed by atoms with Gasteiger partial charge in [-0.2, -0.15) is 0 Å². The van der Waals surface area contributed by atoms with Gasteiger partial charge in [0, 0.05) is 25.0 Å². The summed E-state index contributed by atoms with van der Waals surface area (Å²) in [5.74, 6) is -1.21. The normalized spacial score (nSPS) is 21.6. The fourth-order valence-electron chi connectivity index (χ4n) is 2.78. The third kappa shape index (κ3) is 2.70. The number of carbonyl (C=O) groups excluding carboxylic acids is 1. The summed E-state index contributed by atoms with van der Waals surface area (Å²) in [5.41, 5.74) is 0.288. The molecule has 1 aromatic heterocycles. The molecule has 0 bridgehead atoms. The number of anilines is 1. The van der Waals surface area contributed by atoms with Crippen molar-refractivity contribution in [2.45, 2.75) is 20.3 Å². The van der Waals surface area contributed by atoms with Crippen molar-refractivity contribution in [2.24, 2.45) is 11.3 Å². The smallest absolute Gasteiger partial charge is 0.356 e. The third-order valence-electron chi connectivity index (χ3n) is 4.34. The highest BCUT2D eigenvalue weighted by Gasteiger charge is 2.47. The van der Waals surface area contributed by atoms with Crippen LogP contribution < -0.4 is 4.90 Å². The molecule has 0 aromatic carbocycles. The van der Waals surface area contributed by atoms with Crippen molar-refractivity contribution >= 4 is 17.6 Å². The van der Waals surface area contributed by atoms with Crippen LogP contribution in [-0.2, 0) is 9.53 Å². The van der Waals surface area contributed by atoms with E-state index in [-0.39, 0.29) is 11.6 Å². The topological polar surface area (TPSA) is 79.7 Å². The minimum Gasteiger partial charge on any atom is -0.481 e. The monoisotopic (exact) mass is 292 g/mol. The number of nitrogens with zero attached hydrogens (tertiary/aromatic N) is 2. The zero-order chi connectivity index (χ0) is 15.6. The molecule has 0 saturated carbocycles. The van der Waals surface area contributed by atoms with Crippen LogP contribution in [0.1, 0.15) is 30.8 Å². The second-order valence-electron chi connectivity index (χ2n) is 5.68. The van der Waals surface area contributed by atoms with Crippen LogP contribution in [0.25, 0.3) is 0 Å². The van der Waals surface area contributed by atoms with Gasteiger partial charge in [-0.05, 0) is 24.5 Å². The first-order chi connectivity index (χ1) is 9.90. The summed E-state index contributed by atoms with van der Waals surface area (Å²) < 4.78 is 4.66. The largest absolute Gasteiger partial charge is 0.481 e. The van der Waals surface area contributed by atoms with Gasteiger partial charge in [0.25, 0.3) is 0 Å². The summed E-state index contributed by atoms with van der Waals surface area (Å²) in [4.78, 5) is 29.1. The van der Waals surface area contributed by atoms with E-state index in [0.29, 0.717) is 19.5 Å². The molecule has 1 aromatic rings. The van der Waals surface area contributed by atoms with Gasteiger partial charge in [0.2, 0.25) is 0 Å². The van der Waals surface area contributed by atoms with Crippen LogP contribution >= 0.6 is 0 Å². The fourth-order valence-corrected chi connectivity index (χ4v) is 2.78. The number of aromatic nitrogens is 1. The van der Waals surface area contributed by atoms with Gasteiger partial charge in [-0.1, -0.05) is 13.8 Å². The molecule has 114 valence electrons. The predicted octanol–water partition coefficient (Wildman–Crippen LogP) is 1.81. The molecule has 6 heteroatoms. The molecule has 0 amide bonds. The number of hydrogen-bond acceptors (Lipinski definition) is 5. The predicted molar refractivity (Wildman–Crippen MR) is 77.3 cm³/mol. The first-order valence-corrected chi connectivity index (χ1v) is 6.93. The van der Waals surface area contributed by atoms with E-state index in [1.807, 2.05) is 18.7 Å². The van der Waals surface area contributed by atoms with Gasteiger partial charge in [-0.25, -0.2) is 9.78 Å². The number of carboxylic acids is 1. The molecule has 6 nitrogen and oxygen atoms in total. The van der Waals surface area contributed by atoms with Gasteiger partial charge in [0.05, 0.1) is 12.5 Å². The molecular formula is C15H20N2O4. The molecule has 1 unspecified atom stereocenters. The van der Waals surface area contributed by atoms with Crippen molar-refractivity contribution in [3.8, 4) is 0 Å². The maximum absolute atomic E-state index is 11.7. The van der Waals surface area contributed by atoms with Crippen molar-refractivity contribution in [3.63, 3.8) is 0 Å². The summed E-state index contributed by atoms with van der Waals surface area (Å²) in [6.45, 7) is 4.95. The van der Waals surface area contributed by atoms with E-state index in [0.717, 1.165) is 5.69 Å².